The molecular formula is C19H13NO2. The summed E-state index contributed by atoms with van der Waals surface area (Å²) >= 11 is 0. The highest BCUT2D eigenvalue weighted by atomic mass is 16.6. The summed E-state index contributed by atoms with van der Waals surface area (Å²) in [6, 6.07) is 19.2. The maximum atomic E-state index is 11.4. The minimum Gasteiger partial charge on any atom is -0.447 e. The van der Waals surface area contributed by atoms with Gasteiger partial charge in [-0.25, -0.2) is 4.79 Å². The van der Waals surface area contributed by atoms with Gasteiger partial charge in [-0.05, 0) is 37.9 Å². The number of hydrogen-bond donors (Lipinski definition) is 1. The van der Waals surface area contributed by atoms with Crippen molar-refractivity contribution in [3.05, 3.63) is 60.2 Å². The van der Waals surface area contributed by atoms with Crippen LogP contribution < -0.4 is 5.32 Å². The summed E-state index contributed by atoms with van der Waals surface area (Å²) in [6.07, 6.45) is -0.337. The van der Waals surface area contributed by atoms with Gasteiger partial charge in [-0.3, -0.25) is 0 Å². The van der Waals surface area contributed by atoms with Crippen molar-refractivity contribution in [2.45, 2.75) is 6.04 Å². The topological polar surface area (TPSA) is 38.3 Å². The molecule has 1 aliphatic rings. The second-order valence-electron chi connectivity index (χ2n) is 5.81. The van der Waals surface area contributed by atoms with Crippen LogP contribution in [0.3, 0.4) is 0 Å². The number of amides is 1. The van der Waals surface area contributed by atoms with Gasteiger partial charge in [0.05, 0.1) is 6.04 Å². The number of benzene rings is 4. The molecule has 22 heavy (non-hydrogen) atoms. The monoisotopic (exact) mass is 287 g/mol. The molecule has 0 radical (unpaired) electrons. The second-order valence-corrected chi connectivity index (χ2v) is 5.81. The number of hydrogen-bond acceptors (Lipinski definition) is 2. The van der Waals surface area contributed by atoms with Crippen molar-refractivity contribution in [2.75, 3.05) is 6.61 Å². The van der Waals surface area contributed by atoms with Crippen molar-refractivity contribution in [1.29, 1.82) is 0 Å². The molecule has 1 aliphatic heterocycles. The van der Waals surface area contributed by atoms with Crippen LogP contribution in [0.4, 0.5) is 4.79 Å². The first-order valence-electron chi connectivity index (χ1n) is 7.41. The van der Waals surface area contributed by atoms with Gasteiger partial charge in [0.1, 0.15) is 6.61 Å². The summed E-state index contributed by atoms with van der Waals surface area (Å²) < 4.78 is 5.06. The van der Waals surface area contributed by atoms with E-state index in [1.165, 1.54) is 32.3 Å². The molecule has 4 aromatic carbocycles. The number of ether oxygens (including phenoxy) is 1. The van der Waals surface area contributed by atoms with E-state index in [1.807, 2.05) is 0 Å². The van der Waals surface area contributed by atoms with E-state index < -0.39 is 0 Å². The summed E-state index contributed by atoms with van der Waals surface area (Å²) in [5.41, 5.74) is 1.12. The Balaban J connectivity index is 1.91. The molecule has 1 fully saturated rings. The second kappa shape index (κ2) is 4.10. The molecule has 0 aromatic heterocycles. The molecule has 3 heteroatoms. The zero-order valence-electron chi connectivity index (χ0n) is 11.8. The highest BCUT2D eigenvalue weighted by Crippen LogP contribution is 2.37. The zero-order valence-corrected chi connectivity index (χ0v) is 11.8. The highest BCUT2D eigenvalue weighted by Gasteiger charge is 2.25. The van der Waals surface area contributed by atoms with E-state index in [1.54, 1.807) is 0 Å². The lowest BCUT2D eigenvalue weighted by Gasteiger charge is -2.16. The first-order valence-corrected chi connectivity index (χ1v) is 7.41. The van der Waals surface area contributed by atoms with E-state index in [9.17, 15) is 4.79 Å². The van der Waals surface area contributed by atoms with E-state index in [2.05, 4.69) is 59.9 Å². The van der Waals surface area contributed by atoms with Crippen LogP contribution in [0.15, 0.2) is 54.6 Å². The minimum atomic E-state index is -0.337. The van der Waals surface area contributed by atoms with E-state index in [0.717, 1.165) is 5.56 Å². The van der Waals surface area contributed by atoms with Crippen molar-refractivity contribution < 1.29 is 9.53 Å². The minimum absolute atomic E-state index is 0.0722. The van der Waals surface area contributed by atoms with Crippen LogP contribution in [-0.2, 0) is 4.74 Å². The third kappa shape index (κ3) is 1.48. The molecule has 0 saturated carbocycles. The van der Waals surface area contributed by atoms with E-state index in [4.69, 9.17) is 4.74 Å². The summed E-state index contributed by atoms with van der Waals surface area (Å²) in [5.74, 6) is 0. The molecule has 1 atom stereocenters. The quantitative estimate of drug-likeness (QED) is 0.528. The van der Waals surface area contributed by atoms with Gasteiger partial charge in [0.2, 0.25) is 0 Å². The third-order valence-electron chi connectivity index (χ3n) is 4.61. The number of carbonyl (C=O) groups excluding carboxylic acids is 1. The fraction of sp³-hybridized carbons (Fsp3) is 0.105. The van der Waals surface area contributed by atoms with Gasteiger partial charge < -0.3 is 10.1 Å². The number of nitrogens with one attached hydrogen (secondary N) is 1. The van der Waals surface area contributed by atoms with Crippen LogP contribution in [0.1, 0.15) is 11.6 Å². The molecule has 4 aromatic rings. The number of rotatable bonds is 1. The molecule has 1 amide bonds. The largest absolute Gasteiger partial charge is 0.447 e. The maximum absolute atomic E-state index is 11.4. The van der Waals surface area contributed by atoms with E-state index in [-0.39, 0.29) is 12.1 Å². The predicted molar refractivity (Wildman–Crippen MR) is 87.4 cm³/mol. The Bertz CT molecular complexity index is 1020. The lowest BCUT2D eigenvalue weighted by Crippen LogP contribution is -2.18. The molecule has 1 heterocycles. The van der Waals surface area contributed by atoms with E-state index in [0.29, 0.717) is 6.61 Å². The first-order chi connectivity index (χ1) is 10.8. The van der Waals surface area contributed by atoms with Gasteiger partial charge in [0.15, 0.2) is 0 Å². The van der Waals surface area contributed by atoms with Crippen molar-refractivity contribution in [1.82, 2.24) is 5.32 Å². The summed E-state index contributed by atoms with van der Waals surface area (Å²) in [5, 5.41) is 10.4. The van der Waals surface area contributed by atoms with Crippen molar-refractivity contribution >= 4 is 38.4 Å². The van der Waals surface area contributed by atoms with Crippen LogP contribution in [-0.4, -0.2) is 12.7 Å². The van der Waals surface area contributed by atoms with Gasteiger partial charge in [-0.15, -0.1) is 0 Å². The normalized spacial score (nSPS) is 18.2. The Kier molecular flexibility index (Phi) is 2.20. The van der Waals surface area contributed by atoms with Gasteiger partial charge in [-0.2, -0.15) is 0 Å². The SMILES string of the molecule is O=C1N[C@H](c2ccc3ccc4cccc5ccc2c3c45)CO1. The molecular weight excluding hydrogens is 274 g/mol. The Labute approximate surface area is 126 Å². The fourth-order valence-electron chi connectivity index (χ4n) is 3.61. The Morgan fingerprint density at radius 2 is 1.55 bits per heavy atom. The van der Waals surface area contributed by atoms with Gasteiger partial charge in [0.25, 0.3) is 0 Å². The molecule has 0 aliphatic carbocycles. The average Bonchev–Trinajstić information content (AvgIpc) is 2.99. The van der Waals surface area contributed by atoms with Crippen molar-refractivity contribution in [3.8, 4) is 0 Å². The summed E-state index contributed by atoms with van der Waals surface area (Å²) in [4.78, 5) is 11.4. The summed E-state index contributed by atoms with van der Waals surface area (Å²) in [7, 11) is 0. The Morgan fingerprint density at radius 3 is 2.27 bits per heavy atom. The number of carbonyl (C=O) groups is 1. The third-order valence-corrected chi connectivity index (χ3v) is 4.61. The molecule has 0 unspecified atom stereocenters. The number of cyclic esters (lactones) is 1. The molecule has 0 spiro atoms. The predicted octanol–water partition coefficient (Wildman–Crippen LogP) is 4.36. The average molecular weight is 287 g/mol. The lowest BCUT2D eigenvalue weighted by atomic mass is 9.90. The van der Waals surface area contributed by atoms with Gasteiger partial charge >= 0.3 is 6.09 Å². The van der Waals surface area contributed by atoms with Crippen LogP contribution in [0.2, 0.25) is 0 Å². The highest BCUT2D eigenvalue weighted by molar-refractivity contribution is 6.23. The number of alkyl carbamates (subject to hydrolysis) is 1. The Hall–Kier alpha value is -2.81. The Morgan fingerprint density at radius 1 is 0.864 bits per heavy atom. The smallest absolute Gasteiger partial charge is 0.407 e. The molecule has 5 rings (SSSR count). The van der Waals surface area contributed by atoms with Crippen LogP contribution in [0.5, 0.6) is 0 Å². The van der Waals surface area contributed by atoms with Crippen LogP contribution in [0, 0.1) is 0 Å². The summed E-state index contributed by atoms with van der Waals surface area (Å²) in [6.45, 7) is 0.392. The molecule has 106 valence electrons. The van der Waals surface area contributed by atoms with Crippen LogP contribution >= 0.6 is 0 Å². The molecule has 1 N–H and O–H groups in total. The van der Waals surface area contributed by atoms with Crippen molar-refractivity contribution in [3.63, 3.8) is 0 Å². The molecule has 1 saturated heterocycles. The molecule has 0 bridgehead atoms. The maximum Gasteiger partial charge on any atom is 0.407 e. The van der Waals surface area contributed by atoms with Crippen LogP contribution in [0.25, 0.3) is 32.3 Å². The van der Waals surface area contributed by atoms with Gasteiger partial charge in [0, 0.05) is 0 Å². The standard InChI is InChI=1S/C19H13NO2/c21-19-20-16(10-22-19)14-8-6-13-5-4-11-2-1-3-12-7-9-15(14)18(13)17(11)12/h1-9,16H,10H2,(H,20,21)/t16-/m0/s1. The van der Waals surface area contributed by atoms with E-state index >= 15 is 0 Å². The van der Waals surface area contributed by atoms with Gasteiger partial charge in [-0.1, -0.05) is 54.6 Å². The van der Waals surface area contributed by atoms with Crippen molar-refractivity contribution in [2.24, 2.45) is 0 Å². The molecule has 3 nitrogen and oxygen atoms in total. The lowest BCUT2D eigenvalue weighted by molar-refractivity contribution is 0.177. The fourth-order valence-corrected chi connectivity index (χ4v) is 3.61. The zero-order chi connectivity index (χ0) is 14.7. The first kappa shape index (κ1) is 11.8.